The van der Waals surface area contributed by atoms with Gasteiger partial charge in [0.1, 0.15) is 23.9 Å². The molecule has 1 atom stereocenters. The van der Waals surface area contributed by atoms with Crippen molar-refractivity contribution >= 4 is 17.4 Å². The van der Waals surface area contributed by atoms with Crippen molar-refractivity contribution in [3.63, 3.8) is 0 Å². The van der Waals surface area contributed by atoms with E-state index in [1.165, 1.54) is 0 Å². The molecule has 1 amide bonds. The number of ketones is 1. The highest BCUT2D eigenvalue weighted by atomic mass is 16.5. The quantitative estimate of drug-likeness (QED) is 0.227. The fourth-order valence-electron chi connectivity index (χ4n) is 4.74. The number of aliphatic hydroxyl groups is 1. The molecule has 0 saturated carbocycles. The van der Waals surface area contributed by atoms with E-state index in [9.17, 15) is 14.7 Å². The van der Waals surface area contributed by atoms with Gasteiger partial charge in [0.05, 0.1) is 31.4 Å². The number of rotatable bonds is 10. The van der Waals surface area contributed by atoms with Crippen LogP contribution in [0.1, 0.15) is 29.7 Å². The highest BCUT2D eigenvalue weighted by Gasteiger charge is 2.46. The normalized spacial score (nSPS) is 19.7. The predicted molar refractivity (Wildman–Crippen MR) is 141 cm³/mol. The first-order chi connectivity index (χ1) is 17.9. The first-order valence-electron chi connectivity index (χ1n) is 12.6. The van der Waals surface area contributed by atoms with Crippen LogP contribution in [0.2, 0.25) is 0 Å². The van der Waals surface area contributed by atoms with Gasteiger partial charge in [0.25, 0.3) is 11.7 Å². The van der Waals surface area contributed by atoms with E-state index in [0.29, 0.717) is 56.6 Å². The Morgan fingerprint density at radius 2 is 1.78 bits per heavy atom. The van der Waals surface area contributed by atoms with Crippen molar-refractivity contribution in [2.24, 2.45) is 0 Å². The third-order valence-electron chi connectivity index (χ3n) is 6.63. The Kier molecular flexibility index (Phi) is 8.63. The standard InChI is InChI=1S/C29H34N2O6/c1-4-16-37-22-8-6-21(7-9-22)26-25(27(32)24-11-10-23(36-5-2)19-20(24)3)28(33)29(34)31(26)13-12-30-14-17-35-18-15-30/h4,6-11,19,26,32H,1,5,12-18H2,2-3H3/t26-/m0/s1. The number of morpholine rings is 1. The van der Waals surface area contributed by atoms with Crippen LogP contribution in [0.15, 0.2) is 60.7 Å². The smallest absolute Gasteiger partial charge is 0.295 e. The maximum Gasteiger partial charge on any atom is 0.295 e. The molecule has 0 aliphatic carbocycles. The Bertz CT molecular complexity index is 1170. The van der Waals surface area contributed by atoms with Crippen LogP contribution in [0.5, 0.6) is 11.5 Å². The molecule has 8 nitrogen and oxygen atoms in total. The number of carbonyl (C=O) groups excluding carboxylic acids is 2. The number of carbonyl (C=O) groups is 2. The SMILES string of the molecule is C=CCOc1ccc([C@H]2C(=C(O)c3ccc(OCC)cc3C)C(=O)C(=O)N2CCN2CCOCC2)cc1. The molecule has 8 heteroatoms. The van der Waals surface area contributed by atoms with E-state index in [4.69, 9.17) is 14.2 Å². The molecule has 2 aliphatic rings. The van der Waals surface area contributed by atoms with Crippen molar-refractivity contribution in [2.75, 3.05) is 52.6 Å². The summed E-state index contributed by atoms with van der Waals surface area (Å²) < 4.78 is 16.6. The number of hydrogen-bond acceptors (Lipinski definition) is 7. The fraction of sp³-hybridized carbons (Fsp3) is 0.379. The van der Waals surface area contributed by atoms with E-state index in [0.717, 1.165) is 24.2 Å². The number of amides is 1. The molecule has 2 saturated heterocycles. The zero-order valence-electron chi connectivity index (χ0n) is 21.4. The monoisotopic (exact) mass is 506 g/mol. The Labute approximate surface area is 217 Å². The van der Waals surface area contributed by atoms with Gasteiger partial charge in [-0.3, -0.25) is 14.5 Å². The summed E-state index contributed by atoms with van der Waals surface area (Å²) in [6.07, 6.45) is 1.66. The zero-order chi connectivity index (χ0) is 26.4. The van der Waals surface area contributed by atoms with Gasteiger partial charge in [-0.25, -0.2) is 0 Å². The van der Waals surface area contributed by atoms with Gasteiger partial charge in [-0.1, -0.05) is 24.8 Å². The van der Waals surface area contributed by atoms with Crippen LogP contribution >= 0.6 is 0 Å². The Morgan fingerprint density at radius 1 is 1.08 bits per heavy atom. The molecule has 0 spiro atoms. The maximum absolute atomic E-state index is 13.4. The lowest BCUT2D eigenvalue weighted by Gasteiger charge is -2.31. The van der Waals surface area contributed by atoms with Crippen molar-refractivity contribution in [2.45, 2.75) is 19.9 Å². The van der Waals surface area contributed by atoms with Crippen LogP contribution < -0.4 is 9.47 Å². The van der Waals surface area contributed by atoms with Gasteiger partial charge < -0.3 is 24.2 Å². The highest BCUT2D eigenvalue weighted by molar-refractivity contribution is 6.46. The summed E-state index contributed by atoms with van der Waals surface area (Å²) in [7, 11) is 0. The molecule has 0 radical (unpaired) electrons. The van der Waals surface area contributed by atoms with Crippen molar-refractivity contribution in [3.8, 4) is 11.5 Å². The van der Waals surface area contributed by atoms with E-state index in [1.54, 1.807) is 35.2 Å². The van der Waals surface area contributed by atoms with Crippen molar-refractivity contribution in [3.05, 3.63) is 77.4 Å². The molecule has 2 aliphatic heterocycles. The average Bonchev–Trinajstić information content (AvgIpc) is 3.16. The molecule has 0 aromatic heterocycles. The highest BCUT2D eigenvalue weighted by Crippen LogP contribution is 2.40. The molecule has 1 N–H and O–H groups in total. The summed E-state index contributed by atoms with van der Waals surface area (Å²) >= 11 is 0. The number of aryl methyl sites for hydroxylation is 1. The maximum atomic E-state index is 13.4. The van der Waals surface area contributed by atoms with E-state index in [2.05, 4.69) is 11.5 Å². The van der Waals surface area contributed by atoms with Crippen LogP contribution in [-0.2, 0) is 14.3 Å². The molecule has 0 bridgehead atoms. The first kappa shape index (κ1) is 26.4. The van der Waals surface area contributed by atoms with Gasteiger partial charge in [-0.2, -0.15) is 0 Å². The molecule has 2 aromatic rings. The van der Waals surface area contributed by atoms with Gasteiger partial charge in [0.15, 0.2) is 0 Å². The van der Waals surface area contributed by atoms with E-state index in [1.807, 2.05) is 32.0 Å². The van der Waals surface area contributed by atoms with Crippen molar-refractivity contribution < 1.29 is 28.9 Å². The largest absolute Gasteiger partial charge is 0.507 e. The van der Waals surface area contributed by atoms with Crippen molar-refractivity contribution in [1.29, 1.82) is 0 Å². The van der Waals surface area contributed by atoms with Crippen LogP contribution in [0.3, 0.4) is 0 Å². The lowest BCUT2D eigenvalue weighted by molar-refractivity contribution is -0.140. The number of hydrogen-bond donors (Lipinski definition) is 1. The summed E-state index contributed by atoms with van der Waals surface area (Å²) in [5.41, 5.74) is 2.04. The summed E-state index contributed by atoms with van der Waals surface area (Å²) in [6.45, 7) is 12.1. The van der Waals surface area contributed by atoms with Crippen LogP contribution in [0.4, 0.5) is 0 Å². The second kappa shape index (κ2) is 12.1. The lowest BCUT2D eigenvalue weighted by Crippen LogP contribution is -2.42. The average molecular weight is 507 g/mol. The number of ether oxygens (including phenoxy) is 3. The number of nitrogens with zero attached hydrogens (tertiary/aromatic N) is 2. The number of likely N-dealkylation sites (tertiary alicyclic amines) is 1. The molecular formula is C29H34N2O6. The molecule has 2 aromatic carbocycles. The third-order valence-corrected chi connectivity index (χ3v) is 6.63. The zero-order valence-corrected chi connectivity index (χ0v) is 21.4. The third kappa shape index (κ3) is 5.87. The predicted octanol–water partition coefficient (Wildman–Crippen LogP) is 3.71. The Hall–Kier alpha value is -3.62. The minimum Gasteiger partial charge on any atom is -0.507 e. The van der Waals surface area contributed by atoms with E-state index in [-0.39, 0.29) is 11.3 Å². The van der Waals surface area contributed by atoms with Gasteiger partial charge in [-0.05, 0) is 55.3 Å². The molecule has 37 heavy (non-hydrogen) atoms. The van der Waals surface area contributed by atoms with Crippen LogP contribution in [-0.4, -0.2) is 79.2 Å². The molecule has 196 valence electrons. The lowest BCUT2D eigenvalue weighted by atomic mass is 9.94. The van der Waals surface area contributed by atoms with Gasteiger partial charge in [0, 0.05) is 31.7 Å². The Morgan fingerprint density at radius 3 is 2.43 bits per heavy atom. The number of Topliss-reactive ketones (excluding diaryl/α,β-unsaturated/α-hetero) is 1. The summed E-state index contributed by atoms with van der Waals surface area (Å²) in [5.74, 6) is -0.171. The van der Waals surface area contributed by atoms with Gasteiger partial charge >= 0.3 is 0 Å². The van der Waals surface area contributed by atoms with Gasteiger partial charge in [0.2, 0.25) is 0 Å². The van der Waals surface area contributed by atoms with Crippen LogP contribution in [0.25, 0.3) is 5.76 Å². The minimum absolute atomic E-state index is 0.0824. The molecular weight excluding hydrogens is 472 g/mol. The minimum atomic E-state index is -0.722. The first-order valence-corrected chi connectivity index (χ1v) is 12.6. The summed E-state index contributed by atoms with van der Waals surface area (Å²) in [5, 5.41) is 11.4. The molecule has 2 fully saturated rings. The van der Waals surface area contributed by atoms with Crippen LogP contribution in [0, 0.1) is 6.92 Å². The number of aliphatic hydroxyl groups excluding tert-OH is 1. The van der Waals surface area contributed by atoms with E-state index >= 15 is 0 Å². The molecule has 4 rings (SSSR count). The number of benzene rings is 2. The fourth-order valence-corrected chi connectivity index (χ4v) is 4.74. The van der Waals surface area contributed by atoms with E-state index < -0.39 is 17.7 Å². The topological polar surface area (TPSA) is 88.5 Å². The second-order valence-electron chi connectivity index (χ2n) is 9.02. The summed E-state index contributed by atoms with van der Waals surface area (Å²) in [6, 6.07) is 11.8. The second-order valence-corrected chi connectivity index (χ2v) is 9.02. The summed E-state index contributed by atoms with van der Waals surface area (Å²) in [4.78, 5) is 30.4. The molecule has 2 heterocycles. The Balaban J connectivity index is 1.72. The van der Waals surface area contributed by atoms with Crippen molar-refractivity contribution in [1.82, 2.24) is 9.80 Å². The van der Waals surface area contributed by atoms with Gasteiger partial charge in [-0.15, -0.1) is 0 Å². The molecule has 0 unspecified atom stereocenters.